The van der Waals surface area contributed by atoms with Crippen molar-refractivity contribution in [2.75, 3.05) is 24.6 Å². The van der Waals surface area contributed by atoms with E-state index in [1.54, 1.807) is 6.92 Å². The molecule has 21 heavy (non-hydrogen) atoms. The fourth-order valence-electron chi connectivity index (χ4n) is 1.74. The summed E-state index contributed by atoms with van der Waals surface area (Å²) in [5, 5.41) is 2.76. The van der Waals surface area contributed by atoms with E-state index < -0.39 is 10.0 Å². The molecule has 0 aliphatic rings. The Morgan fingerprint density at radius 1 is 1.24 bits per heavy atom. The Kier molecular flexibility index (Phi) is 7.18. The van der Waals surface area contributed by atoms with Crippen LogP contribution in [-0.2, 0) is 21.2 Å². The highest BCUT2D eigenvalue weighted by atomic mass is 32.2. The Labute approximate surface area is 126 Å². The second kappa shape index (κ2) is 8.63. The number of hydrogen-bond acceptors (Lipinski definition) is 4. The number of nitrogen functional groups attached to an aromatic ring is 1. The van der Waals surface area contributed by atoms with Gasteiger partial charge in [-0.15, -0.1) is 0 Å². The number of hydrogen-bond donors (Lipinski definition) is 3. The molecule has 0 saturated heterocycles. The molecule has 1 rings (SSSR count). The number of carbonyl (C=O) groups excluding carboxylic acids is 1. The van der Waals surface area contributed by atoms with Crippen molar-refractivity contribution in [1.82, 2.24) is 10.0 Å². The van der Waals surface area contributed by atoms with E-state index in [4.69, 9.17) is 5.73 Å². The van der Waals surface area contributed by atoms with Crippen LogP contribution in [0.3, 0.4) is 0 Å². The van der Waals surface area contributed by atoms with E-state index >= 15 is 0 Å². The molecule has 0 heterocycles. The lowest BCUT2D eigenvalue weighted by Crippen LogP contribution is -2.30. The van der Waals surface area contributed by atoms with Gasteiger partial charge in [0.1, 0.15) is 0 Å². The Balaban J connectivity index is 2.16. The van der Waals surface area contributed by atoms with Crippen LogP contribution in [0.2, 0.25) is 0 Å². The van der Waals surface area contributed by atoms with Crippen LogP contribution in [0.1, 0.15) is 25.3 Å². The number of aryl methyl sites for hydroxylation is 1. The van der Waals surface area contributed by atoms with Gasteiger partial charge in [0.25, 0.3) is 0 Å². The van der Waals surface area contributed by atoms with E-state index in [0.29, 0.717) is 38.0 Å². The SMILES string of the molecule is CCS(=O)(=O)NCCCNC(=O)CCc1ccccc1N. The summed E-state index contributed by atoms with van der Waals surface area (Å²) in [4.78, 5) is 11.7. The smallest absolute Gasteiger partial charge is 0.220 e. The third-order valence-corrected chi connectivity index (χ3v) is 4.46. The average Bonchev–Trinajstić information content (AvgIpc) is 2.46. The molecule has 1 aromatic rings. The van der Waals surface area contributed by atoms with Gasteiger partial charge in [-0.05, 0) is 31.4 Å². The summed E-state index contributed by atoms with van der Waals surface area (Å²) in [7, 11) is -3.15. The van der Waals surface area contributed by atoms with E-state index in [-0.39, 0.29) is 11.7 Å². The number of amides is 1. The third kappa shape index (κ3) is 7.10. The summed E-state index contributed by atoms with van der Waals surface area (Å²) in [6.07, 6.45) is 1.54. The van der Waals surface area contributed by atoms with Crippen LogP contribution in [0.4, 0.5) is 5.69 Å². The maximum absolute atomic E-state index is 11.7. The first kappa shape index (κ1) is 17.5. The zero-order valence-electron chi connectivity index (χ0n) is 12.3. The first-order valence-electron chi connectivity index (χ1n) is 7.02. The van der Waals surface area contributed by atoms with Crippen LogP contribution in [0, 0.1) is 0 Å². The minimum atomic E-state index is -3.15. The second-order valence-corrected chi connectivity index (χ2v) is 6.80. The fraction of sp³-hybridized carbons (Fsp3) is 0.500. The molecule has 1 aromatic carbocycles. The maximum atomic E-state index is 11.7. The van der Waals surface area contributed by atoms with Crippen LogP contribution in [0.25, 0.3) is 0 Å². The highest BCUT2D eigenvalue weighted by Crippen LogP contribution is 2.12. The summed E-state index contributed by atoms with van der Waals surface area (Å²) in [5.41, 5.74) is 7.46. The van der Waals surface area contributed by atoms with Gasteiger partial charge in [-0.3, -0.25) is 4.79 Å². The highest BCUT2D eigenvalue weighted by Gasteiger charge is 2.06. The van der Waals surface area contributed by atoms with Gasteiger partial charge in [0.05, 0.1) is 5.75 Å². The van der Waals surface area contributed by atoms with Crippen molar-refractivity contribution < 1.29 is 13.2 Å². The molecule has 0 bridgehead atoms. The second-order valence-electron chi connectivity index (χ2n) is 4.70. The van der Waals surface area contributed by atoms with Gasteiger partial charge in [0.15, 0.2) is 0 Å². The monoisotopic (exact) mass is 313 g/mol. The molecule has 0 atom stereocenters. The van der Waals surface area contributed by atoms with E-state index in [2.05, 4.69) is 10.0 Å². The summed E-state index contributed by atoms with van der Waals surface area (Å²) >= 11 is 0. The van der Waals surface area contributed by atoms with E-state index in [0.717, 1.165) is 5.56 Å². The molecule has 0 spiro atoms. The van der Waals surface area contributed by atoms with Crippen molar-refractivity contribution in [1.29, 1.82) is 0 Å². The Hall–Kier alpha value is -1.60. The van der Waals surface area contributed by atoms with Crippen LogP contribution in [0.15, 0.2) is 24.3 Å². The fourth-order valence-corrected chi connectivity index (χ4v) is 2.40. The van der Waals surface area contributed by atoms with Crippen molar-refractivity contribution >= 4 is 21.6 Å². The zero-order chi connectivity index (χ0) is 15.7. The molecule has 0 fully saturated rings. The quantitative estimate of drug-likeness (QED) is 0.460. The van der Waals surface area contributed by atoms with Gasteiger partial charge in [-0.25, -0.2) is 13.1 Å². The molecule has 118 valence electrons. The summed E-state index contributed by atoms with van der Waals surface area (Å²) < 4.78 is 24.8. The molecular formula is C14H23N3O3S. The van der Waals surface area contributed by atoms with Crippen molar-refractivity contribution in [3.63, 3.8) is 0 Å². The number of anilines is 1. The van der Waals surface area contributed by atoms with Gasteiger partial charge in [-0.2, -0.15) is 0 Å². The van der Waals surface area contributed by atoms with Crippen LogP contribution in [0.5, 0.6) is 0 Å². The number of nitrogens with one attached hydrogen (secondary N) is 2. The van der Waals surface area contributed by atoms with Gasteiger partial charge in [0, 0.05) is 25.2 Å². The molecule has 7 heteroatoms. The summed E-state index contributed by atoms with van der Waals surface area (Å²) in [6.45, 7) is 2.37. The molecule has 4 N–H and O–H groups in total. The standard InChI is InChI=1S/C14H23N3O3S/c1-2-21(19,20)17-11-5-10-16-14(18)9-8-12-6-3-4-7-13(12)15/h3-4,6-7,17H,2,5,8-11,15H2,1H3,(H,16,18). The number of rotatable bonds is 9. The van der Waals surface area contributed by atoms with E-state index in [1.165, 1.54) is 0 Å². The predicted octanol–water partition coefficient (Wildman–Crippen LogP) is 0.647. The normalized spacial score (nSPS) is 11.3. The maximum Gasteiger partial charge on any atom is 0.220 e. The van der Waals surface area contributed by atoms with Gasteiger partial charge in [-0.1, -0.05) is 18.2 Å². The Bertz CT molecular complexity index is 558. The minimum Gasteiger partial charge on any atom is -0.399 e. The van der Waals surface area contributed by atoms with Crippen molar-refractivity contribution in [2.24, 2.45) is 0 Å². The Morgan fingerprint density at radius 2 is 1.95 bits per heavy atom. The molecule has 0 unspecified atom stereocenters. The number of sulfonamides is 1. The first-order chi connectivity index (χ1) is 9.94. The number of carbonyl (C=O) groups is 1. The highest BCUT2D eigenvalue weighted by molar-refractivity contribution is 7.89. The lowest BCUT2D eigenvalue weighted by Gasteiger charge is -2.07. The first-order valence-corrected chi connectivity index (χ1v) is 8.67. The van der Waals surface area contributed by atoms with Crippen molar-refractivity contribution in [3.05, 3.63) is 29.8 Å². The molecule has 0 aliphatic carbocycles. The number of para-hydroxylation sites is 1. The van der Waals surface area contributed by atoms with Crippen LogP contribution in [-0.4, -0.2) is 33.2 Å². The van der Waals surface area contributed by atoms with Gasteiger partial charge >= 0.3 is 0 Å². The topological polar surface area (TPSA) is 101 Å². The summed E-state index contributed by atoms with van der Waals surface area (Å²) in [6, 6.07) is 7.47. The van der Waals surface area contributed by atoms with Crippen molar-refractivity contribution in [2.45, 2.75) is 26.2 Å². The van der Waals surface area contributed by atoms with Gasteiger partial charge < -0.3 is 11.1 Å². The van der Waals surface area contributed by atoms with Crippen LogP contribution >= 0.6 is 0 Å². The lowest BCUT2D eigenvalue weighted by atomic mass is 10.1. The molecule has 0 radical (unpaired) electrons. The molecular weight excluding hydrogens is 290 g/mol. The molecule has 0 aliphatic heterocycles. The van der Waals surface area contributed by atoms with E-state index in [1.807, 2.05) is 24.3 Å². The molecule has 1 amide bonds. The summed E-state index contributed by atoms with van der Waals surface area (Å²) in [5.74, 6) is 0.00862. The number of benzene rings is 1. The van der Waals surface area contributed by atoms with Crippen molar-refractivity contribution in [3.8, 4) is 0 Å². The molecule has 0 saturated carbocycles. The predicted molar refractivity (Wildman–Crippen MR) is 84.3 cm³/mol. The largest absolute Gasteiger partial charge is 0.399 e. The van der Waals surface area contributed by atoms with E-state index in [9.17, 15) is 13.2 Å². The average molecular weight is 313 g/mol. The lowest BCUT2D eigenvalue weighted by molar-refractivity contribution is -0.121. The van der Waals surface area contributed by atoms with Gasteiger partial charge in [0.2, 0.25) is 15.9 Å². The molecule has 0 aromatic heterocycles. The zero-order valence-corrected chi connectivity index (χ0v) is 13.1. The number of nitrogens with two attached hydrogens (primary N) is 1. The Morgan fingerprint density at radius 3 is 2.62 bits per heavy atom. The van der Waals surface area contributed by atoms with Crippen LogP contribution < -0.4 is 15.8 Å². The third-order valence-electron chi connectivity index (χ3n) is 3.05. The minimum absolute atomic E-state index is 0.0587. The molecule has 6 nitrogen and oxygen atoms in total.